The lowest BCUT2D eigenvalue weighted by Gasteiger charge is -2.13. The molecule has 0 unspecified atom stereocenters. The molecular formula is C20H19ClN8O2. The predicted octanol–water partition coefficient (Wildman–Crippen LogP) is 2.93. The number of likely N-dealkylation sites (N-methyl/N-ethyl adjacent to an activating group) is 1. The number of aromatic nitrogens is 4. The van der Waals surface area contributed by atoms with E-state index in [1.165, 1.54) is 7.05 Å². The lowest BCUT2D eigenvalue weighted by atomic mass is 10.2. The van der Waals surface area contributed by atoms with E-state index in [9.17, 15) is 9.59 Å². The second-order valence-corrected chi connectivity index (χ2v) is 7.96. The van der Waals surface area contributed by atoms with Crippen LogP contribution in [0.25, 0.3) is 11.7 Å². The zero-order valence-corrected chi connectivity index (χ0v) is 17.6. The number of carbonyl (C=O) groups is 2. The molecule has 31 heavy (non-hydrogen) atoms. The van der Waals surface area contributed by atoms with E-state index in [1.807, 2.05) is 13.0 Å². The molecule has 1 aliphatic heterocycles. The summed E-state index contributed by atoms with van der Waals surface area (Å²) < 4.78 is 1.68. The number of halogens is 1. The van der Waals surface area contributed by atoms with Crippen molar-refractivity contribution in [1.29, 1.82) is 0 Å². The Balaban J connectivity index is 1.59. The van der Waals surface area contributed by atoms with Gasteiger partial charge in [0.2, 0.25) is 0 Å². The number of fused-ring (bicyclic) bond motifs is 1. The first-order valence-corrected chi connectivity index (χ1v) is 10.1. The Labute approximate surface area is 182 Å². The van der Waals surface area contributed by atoms with Crippen LogP contribution in [0.3, 0.4) is 0 Å². The molecule has 2 aliphatic rings. The monoisotopic (exact) mass is 438 g/mol. The molecule has 158 valence electrons. The summed E-state index contributed by atoms with van der Waals surface area (Å²) in [6.45, 7) is 1.90. The molecule has 0 aromatic carbocycles. The number of nitrogens with one attached hydrogen (secondary N) is 3. The number of amides is 3. The summed E-state index contributed by atoms with van der Waals surface area (Å²) in [5, 5.41) is 14.3. The summed E-state index contributed by atoms with van der Waals surface area (Å²) >= 11 is 6.20. The van der Waals surface area contributed by atoms with E-state index in [0.717, 1.165) is 34.8 Å². The number of imide groups is 1. The molecule has 1 saturated heterocycles. The second-order valence-electron chi connectivity index (χ2n) is 7.55. The van der Waals surface area contributed by atoms with Crippen LogP contribution in [0, 0.1) is 6.92 Å². The molecule has 10 nitrogen and oxygen atoms in total. The van der Waals surface area contributed by atoms with Crippen LogP contribution in [0.4, 0.5) is 22.1 Å². The minimum absolute atomic E-state index is 0.175. The van der Waals surface area contributed by atoms with Crippen LogP contribution in [0.2, 0.25) is 5.02 Å². The topological polar surface area (TPSA) is 117 Å². The molecule has 0 radical (unpaired) electrons. The minimum Gasteiger partial charge on any atom is -0.367 e. The van der Waals surface area contributed by atoms with Crippen molar-refractivity contribution in [2.45, 2.75) is 25.8 Å². The summed E-state index contributed by atoms with van der Waals surface area (Å²) in [6, 6.07) is 1.79. The molecule has 3 aromatic rings. The van der Waals surface area contributed by atoms with Crippen molar-refractivity contribution in [3.8, 4) is 0 Å². The quantitative estimate of drug-likeness (QED) is 0.414. The number of rotatable bonds is 5. The molecule has 0 bridgehead atoms. The van der Waals surface area contributed by atoms with Crippen molar-refractivity contribution in [2.24, 2.45) is 0 Å². The summed E-state index contributed by atoms with van der Waals surface area (Å²) in [5.74, 6) is 0.934. The van der Waals surface area contributed by atoms with Crippen molar-refractivity contribution in [3.05, 3.63) is 46.5 Å². The van der Waals surface area contributed by atoms with Gasteiger partial charge in [-0.05, 0) is 31.4 Å². The number of hydrogen-bond acceptors (Lipinski definition) is 7. The van der Waals surface area contributed by atoms with Gasteiger partial charge in [-0.15, -0.1) is 0 Å². The first-order chi connectivity index (χ1) is 14.9. The number of anilines is 3. The van der Waals surface area contributed by atoms with Gasteiger partial charge in [-0.1, -0.05) is 11.6 Å². The van der Waals surface area contributed by atoms with Gasteiger partial charge in [-0.3, -0.25) is 14.7 Å². The number of urea groups is 1. The van der Waals surface area contributed by atoms with E-state index in [1.54, 1.807) is 29.2 Å². The number of pyridine rings is 1. The highest BCUT2D eigenvalue weighted by Gasteiger charge is 2.30. The van der Waals surface area contributed by atoms with Crippen molar-refractivity contribution in [2.75, 3.05) is 17.7 Å². The highest BCUT2D eigenvalue weighted by Crippen LogP contribution is 2.30. The van der Waals surface area contributed by atoms with Crippen LogP contribution >= 0.6 is 11.6 Å². The molecule has 0 atom stereocenters. The maximum atomic E-state index is 12.3. The third kappa shape index (κ3) is 3.55. The second kappa shape index (κ2) is 7.24. The number of carbonyl (C=O) groups excluding carboxylic acids is 2. The van der Waals surface area contributed by atoms with Crippen LogP contribution in [-0.4, -0.2) is 49.5 Å². The average molecular weight is 439 g/mol. The third-order valence-corrected chi connectivity index (χ3v) is 5.61. The predicted molar refractivity (Wildman–Crippen MR) is 116 cm³/mol. The van der Waals surface area contributed by atoms with E-state index < -0.39 is 11.9 Å². The lowest BCUT2D eigenvalue weighted by Crippen LogP contribution is -2.25. The molecule has 5 rings (SSSR count). The summed E-state index contributed by atoms with van der Waals surface area (Å²) in [6.07, 6.45) is 8.65. The Morgan fingerprint density at radius 1 is 1.26 bits per heavy atom. The van der Waals surface area contributed by atoms with Gasteiger partial charge in [-0.25, -0.2) is 9.78 Å². The summed E-state index contributed by atoms with van der Waals surface area (Å²) in [4.78, 5) is 33.9. The Morgan fingerprint density at radius 3 is 2.77 bits per heavy atom. The van der Waals surface area contributed by atoms with Gasteiger partial charge in [0.05, 0.1) is 23.1 Å². The zero-order chi connectivity index (χ0) is 21.7. The van der Waals surface area contributed by atoms with E-state index in [4.69, 9.17) is 16.6 Å². The largest absolute Gasteiger partial charge is 0.367 e. The van der Waals surface area contributed by atoms with Gasteiger partial charge in [0.1, 0.15) is 17.3 Å². The standard InChI is InChI=1S/C20H19ClN8O2/c1-10-13(21)8-22-9-15(10)25-16-6-17(24-12-3-4-12)29-18(27-16)11(7-23-29)5-14-19(30)28(2)20(31)26-14/h5-9,12,24H,3-4H2,1-2H3,(H,25,27)(H,26,31)/b14-5-. The molecule has 3 aromatic heterocycles. The Morgan fingerprint density at radius 2 is 2.06 bits per heavy atom. The highest BCUT2D eigenvalue weighted by atomic mass is 35.5. The maximum absolute atomic E-state index is 12.3. The lowest BCUT2D eigenvalue weighted by molar-refractivity contribution is -0.121. The fraction of sp³-hybridized carbons (Fsp3) is 0.250. The fourth-order valence-electron chi connectivity index (χ4n) is 3.23. The van der Waals surface area contributed by atoms with E-state index in [-0.39, 0.29) is 5.70 Å². The first kappa shape index (κ1) is 19.3. The molecule has 3 N–H and O–H groups in total. The van der Waals surface area contributed by atoms with Crippen LogP contribution in [0.1, 0.15) is 24.0 Å². The molecule has 1 aliphatic carbocycles. The number of nitrogens with zero attached hydrogens (tertiary/aromatic N) is 5. The fourth-order valence-corrected chi connectivity index (χ4v) is 3.39. The zero-order valence-electron chi connectivity index (χ0n) is 16.8. The van der Waals surface area contributed by atoms with Gasteiger partial charge >= 0.3 is 6.03 Å². The first-order valence-electron chi connectivity index (χ1n) is 9.74. The van der Waals surface area contributed by atoms with E-state index in [2.05, 4.69) is 26.0 Å². The van der Waals surface area contributed by atoms with E-state index in [0.29, 0.717) is 28.1 Å². The van der Waals surface area contributed by atoms with Gasteiger partial charge in [-0.2, -0.15) is 9.61 Å². The normalized spacial score (nSPS) is 17.5. The van der Waals surface area contributed by atoms with Crippen LogP contribution < -0.4 is 16.0 Å². The average Bonchev–Trinajstić information content (AvgIpc) is 3.42. The molecule has 4 heterocycles. The maximum Gasteiger partial charge on any atom is 0.328 e. The van der Waals surface area contributed by atoms with Crippen LogP contribution in [0.5, 0.6) is 0 Å². The van der Waals surface area contributed by atoms with Crippen molar-refractivity contribution in [3.63, 3.8) is 0 Å². The number of hydrogen-bond donors (Lipinski definition) is 3. The highest BCUT2D eigenvalue weighted by molar-refractivity contribution is 6.31. The molecule has 2 fully saturated rings. The van der Waals surface area contributed by atoms with Crippen LogP contribution in [-0.2, 0) is 4.79 Å². The molecular weight excluding hydrogens is 420 g/mol. The summed E-state index contributed by atoms with van der Waals surface area (Å²) in [5.41, 5.74) is 2.90. The van der Waals surface area contributed by atoms with Crippen molar-refractivity contribution in [1.82, 2.24) is 29.8 Å². The summed E-state index contributed by atoms with van der Waals surface area (Å²) in [7, 11) is 1.42. The molecule has 0 spiro atoms. The van der Waals surface area contributed by atoms with Gasteiger partial charge in [0.25, 0.3) is 5.91 Å². The SMILES string of the molecule is Cc1c(Cl)cncc1Nc1cc(NC2CC2)n2ncc(/C=C3\NC(=O)N(C)C3=O)c2n1. The van der Waals surface area contributed by atoms with Crippen molar-refractivity contribution < 1.29 is 9.59 Å². The molecule has 1 saturated carbocycles. The Bertz CT molecular complexity index is 1260. The molecule has 11 heteroatoms. The Kier molecular flexibility index (Phi) is 4.51. The third-order valence-electron chi connectivity index (χ3n) is 5.23. The van der Waals surface area contributed by atoms with Crippen LogP contribution in [0.15, 0.2) is 30.4 Å². The Hall–Kier alpha value is -3.66. The van der Waals surface area contributed by atoms with Crippen molar-refractivity contribution >= 4 is 52.6 Å². The van der Waals surface area contributed by atoms with Gasteiger partial charge in [0, 0.05) is 30.9 Å². The van der Waals surface area contributed by atoms with Gasteiger partial charge < -0.3 is 16.0 Å². The van der Waals surface area contributed by atoms with Gasteiger partial charge in [0.15, 0.2) is 5.65 Å². The van der Waals surface area contributed by atoms with E-state index >= 15 is 0 Å². The minimum atomic E-state index is -0.469. The molecule has 3 amide bonds. The smallest absolute Gasteiger partial charge is 0.328 e.